The monoisotopic (exact) mass is 397 g/mol. The molecule has 2 aromatic rings. The lowest BCUT2D eigenvalue weighted by Gasteiger charge is -2.22. The minimum Gasteiger partial charge on any atom is -0.490 e. The van der Waals surface area contributed by atoms with Crippen LogP contribution < -0.4 is 20.6 Å². The van der Waals surface area contributed by atoms with Crippen molar-refractivity contribution >= 4 is 23.5 Å². The maximum absolute atomic E-state index is 5.83. The Morgan fingerprint density at radius 3 is 2.50 bits per heavy atom. The summed E-state index contributed by atoms with van der Waals surface area (Å²) in [5, 5.41) is 4.09. The standard InChI is InChI=1S/C22H27N3O2S/c23-22(28)25-24-16-19-8-4-5-9-21(19)27-15-14-26-20-12-10-18(11-13-20)17-6-2-1-3-7-17/h4-5,8-13,16-17H,1-3,6-7,14-15H2,(H3,23,25,28)/b24-16+. The first-order valence-electron chi connectivity index (χ1n) is 9.75. The first-order chi connectivity index (χ1) is 13.7. The van der Waals surface area contributed by atoms with Crippen molar-refractivity contribution in [2.24, 2.45) is 10.8 Å². The zero-order valence-electron chi connectivity index (χ0n) is 16.0. The molecule has 0 unspecified atom stereocenters. The number of nitrogens with one attached hydrogen (secondary N) is 1. The van der Waals surface area contributed by atoms with Gasteiger partial charge in [-0.05, 0) is 60.8 Å². The normalized spacial score (nSPS) is 14.7. The molecular weight excluding hydrogens is 370 g/mol. The van der Waals surface area contributed by atoms with E-state index in [0.717, 1.165) is 17.1 Å². The number of para-hydroxylation sites is 1. The Labute approximate surface area is 171 Å². The van der Waals surface area contributed by atoms with Crippen molar-refractivity contribution in [3.8, 4) is 11.5 Å². The number of ether oxygens (including phenoxy) is 2. The highest BCUT2D eigenvalue weighted by Crippen LogP contribution is 2.33. The summed E-state index contributed by atoms with van der Waals surface area (Å²) < 4.78 is 11.6. The Morgan fingerprint density at radius 2 is 1.75 bits per heavy atom. The molecule has 0 radical (unpaired) electrons. The van der Waals surface area contributed by atoms with Gasteiger partial charge in [-0.1, -0.05) is 43.5 Å². The fourth-order valence-corrected chi connectivity index (χ4v) is 3.52. The van der Waals surface area contributed by atoms with Crippen LogP contribution >= 0.6 is 12.2 Å². The van der Waals surface area contributed by atoms with Crippen LogP contribution in [-0.2, 0) is 0 Å². The topological polar surface area (TPSA) is 68.9 Å². The number of hydrogen-bond donors (Lipinski definition) is 2. The van der Waals surface area contributed by atoms with Crippen LogP contribution in [-0.4, -0.2) is 24.5 Å². The Hall–Kier alpha value is -2.60. The van der Waals surface area contributed by atoms with Gasteiger partial charge in [0.25, 0.3) is 0 Å². The summed E-state index contributed by atoms with van der Waals surface area (Å²) in [6, 6.07) is 16.2. The molecule has 0 heterocycles. The lowest BCUT2D eigenvalue weighted by atomic mass is 9.84. The van der Waals surface area contributed by atoms with Gasteiger partial charge in [-0.2, -0.15) is 5.10 Å². The lowest BCUT2D eigenvalue weighted by molar-refractivity contribution is 0.217. The number of thiocarbonyl (C=S) groups is 1. The fraction of sp³-hybridized carbons (Fsp3) is 0.364. The number of nitrogens with two attached hydrogens (primary N) is 1. The van der Waals surface area contributed by atoms with E-state index in [4.69, 9.17) is 27.4 Å². The second-order valence-corrected chi connectivity index (χ2v) is 7.31. The van der Waals surface area contributed by atoms with E-state index in [0.29, 0.717) is 19.1 Å². The van der Waals surface area contributed by atoms with Crippen LogP contribution in [0.3, 0.4) is 0 Å². The molecule has 3 N–H and O–H groups in total. The predicted molar refractivity (Wildman–Crippen MR) is 117 cm³/mol. The Morgan fingerprint density at radius 1 is 1.04 bits per heavy atom. The highest BCUT2D eigenvalue weighted by atomic mass is 32.1. The zero-order chi connectivity index (χ0) is 19.6. The summed E-state index contributed by atoms with van der Waals surface area (Å²) in [6.45, 7) is 0.914. The molecular formula is C22H27N3O2S. The van der Waals surface area contributed by atoms with Gasteiger partial charge in [-0.3, -0.25) is 5.43 Å². The van der Waals surface area contributed by atoms with Gasteiger partial charge >= 0.3 is 0 Å². The lowest BCUT2D eigenvalue weighted by Crippen LogP contribution is -2.24. The molecule has 0 saturated heterocycles. The fourth-order valence-electron chi connectivity index (χ4n) is 3.47. The van der Waals surface area contributed by atoms with Crippen molar-refractivity contribution < 1.29 is 9.47 Å². The van der Waals surface area contributed by atoms with Crippen LogP contribution in [0.15, 0.2) is 53.6 Å². The summed E-state index contributed by atoms with van der Waals surface area (Å²) in [6.07, 6.45) is 8.32. The van der Waals surface area contributed by atoms with Crippen molar-refractivity contribution in [2.75, 3.05) is 13.2 Å². The number of rotatable bonds is 8. The summed E-state index contributed by atoms with van der Waals surface area (Å²) in [5.41, 5.74) is 10.2. The number of hydrazone groups is 1. The molecule has 0 spiro atoms. The van der Waals surface area contributed by atoms with Crippen molar-refractivity contribution in [1.29, 1.82) is 0 Å². The highest BCUT2D eigenvalue weighted by molar-refractivity contribution is 7.80. The van der Waals surface area contributed by atoms with Gasteiger partial charge in [0.05, 0.1) is 6.21 Å². The molecule has 3 rings (SSSR count). The van der Waals surface area contributed by atoms with Crippen LogP contribution in [0.2, 0.25) is 0 Å². The molecule has 2 aromatic carbocycles. The maximum Gasteiger partial charge on any atom is 0.184 e. The average Bonchev–Trinajstić information content (AvgIpc) is 2.73. The van der Waals surface area contributed by atoms with Gasteiger partial charge in [-0.25, -0.2) is 0 Å². The second kappa shape index (κ2) is 10.7. The molecule has 1 aliphatic rings. The largest absolute Gasteiger partial charge is 0.490 e. The molecule has 5 nitrogen and oxygen atoms in total. The minimum absolute atomic E-state index is 0.123. The summed E-state index contributed by atoms with van der Waals surface area (Å²) in [4.78, 5) is 0. The Kier molecular flexibility index (Phi) is 7.67. The van der Waals surface area contributed by atoms with E-state index in [1.54, 1.807) is 6.21 Å². The van der Waals surface area contributed by atoms with Crippen LogP contribution in [0, 0.1) is 0 Å². The summed E-state index contributed by atoms with van der Waals surface area (Å²) >= 11 is 4.73. The SMILES string of the molecule is NC(=S)N/N=C/c1ccccc1OCCOc1ccc(C2CCCCC2)cc1. The van der Waals surface area contributed by atoms with Crippen molar-refractivity contribution in [3.63, 3.8) is 0 Å². The van der Waals surface area contributed by atoms with Crippen molar-refractivity contribution in [1.82, 2.24) is 5.43 Å². The molecule has 1 fully saturated rings. The van der Waals surface area contributed by atoms with Crippen LogP contribution in [0.4, 0.5) is 0 Å². The van der Waals surface area contributed by atoms with E-state index in [1.807, 2.05) is 24.3 Å². The van der Waals surface area contributed by atoms with E-state index < -0.39 is 0 Å². The van der Waals surface area contributed by atoms with Crippen LogP contribution in [0.1, 0.15) is 49.1 Å². The summed E-state index contributed by atoms with van der Waals surface area (Å²) in [7, 11) is 0. The highest BCUT2D eigenvalue weighted by Gasteiger charge is 2.15. The average molecular weight is 398 g/mol. The molecule has 28 heavy (non-hydrogen) atoms. The van der Waals surface area contributed by atoms with Gasteiger partial charge < -0.3 is 15.2 Å². The van der Waals surface area contributed by atoms with Gasteiger partial charge in [0.1, 0.15) is 24.7 Å². The van der Waals surface area contributed by atoms with E-state index in [9.17, 15) is 0 Å². The molecule has 0 amide bonds. The molecule has 148 valence electrons. The maximum atomic E-state index is 5.83. The minimum atomic E-state index is 0.123. The van der Waals surface area contributed by atoms with Gasteiger partial charge in [-0.15, -0.1) is 0 Å². The molecule has 1 aliphatic carbocycles. The molecule has 1 saturated carbocycles. The quantitative estimate of drug-likeness (QED) is 0.300. The predicted octanol–water partition coefficient (Wildman–Crippen LogP) is 4.36. The van der Waals surface area contributed by atoms with E-state index >= 15 is 0 Å². The van der Waals surface area contributed by atoms with Crippen LogP contribution in [0.25, 0.3) is 0 Å². The van der Waals surface area contributed by atoms with Gasteiger partial charge in [0.15, 0.2) is 5.11 Å². The first-order valence-corrected chi connectivity index (χ1v) is 10.2. The van der Waals surface area contributed by atoms with E-state index in [2.05, 4.69) is 34.8 Å². The van der Waals surface area contributed by atoms with Crippen LogP contribution in [0.5, 0.6) is 11.5 Å². The van der Waals surface area contributed by atoms with E-state index in [1.165, 1.54) is 37.7 Å². The van der Waals surface area contributed by atoms with Gasteiger partial charge in [0, 0.05) is 5.56 Å². The van der Waals surface area contributed by atoms with Crippen molar-refractivity contribution in [3.05, 3.63) is 59.7 Å². The Balaban J connectivity index is 1.45. The smallest absolute Gasteiger partial charge is 0.184 e. The second-order valence-electron chi connectivity index (χ2n) is 6.87. The zero-order valence-corrected chi connectivity index (χ0v) is 16.8. The number of benzene rings is 2. The summed E-state index contributed by atoms with van der Waals surface area (Å²) in [5.74, 6) is 2.32. The molecule has 0 aromatic heterocycles. The Bertz CT molecular complexity index is 787. The molecule has 6 heteroatoms. The first kappa shape index (κ1) is 20.1. The third kappa shape index (κ3) is 6.23. The number of nitrogens with zero attached hydrogens (tertiary/aromatic N) is 1. The van der Waals surface area contributed by atoms with Gasteiger partial charge in [0.2, 0.25) is 0 Å². The van der Waals surface area contributed by atoms with Crippen molar-refractivity contribution in [2.45, 2.75) is 38.0 Å². The third-order valence-electron chi connectivity index (χ3n) is 4.86. The molecule has 0 atom stereocenters. The molecule has 0 bridgehead atoms. The molecule has 0 aliphatic heterocycles. The third-order valence-corrected chi connectivity index (χ3v) is 4.95. The number of hydrogen-bond acceptors (Lipinski definition) is 4. The van der Waals surface area contributed by atoms with E-state index in [-0.39, 0.29) is 5.11 Å².